The van der Waals surface area contributed by atoms with Crippen molar-refractivity contribution < 1.29 is 4.79 Å². The van der Waals surface area contributed by atoms with Crippen LogP contribution in [0.5, 0.6) is 0 Å². The van der Waals surface area contributed by atoms with Crippen molar-refractivity contribution in [1.82, 2.24) is 21.1 Å². The van der Waals surface area contributed by atoms with E-state index in [9.17, 15) is 4.79 Å². The first-order valence-corrected chi connectivity index (χ1v) is 9.26. The SMILES string of the molecule is CCCC1CC(C(=O)NC(C)CN2CCc3ccccc3C2)NN1. The molecule has 0 saturated carbocycles. The fourth-order valence-corrected chi connectivity index (χ4v) is 3.82. The highest BCUT2D eigenvalue weighted by Crippen LogP contribution is 2.18. The standard InChI is InChI=1S/C19H30N4O/c1-3-6-17-11-18(22-21-17)19(24)20-14(2)12-23-10-9-15-7-4-5-8-16(15)13-23/h4-5,7-8,14,17-18,21-22H,3,6,9-13H2,1-2H3,(H,20,24). The summed E-state index contributed by atoms with van der Waals surface area (Å²) in [7, 11) is 0. The first-order chi connectivity index (χ1) is 11.7. The molecule has 3 rings (SSSR count). The van der Waals surface area contributed by atoms with Crippen molar-refractivity contribution in [2.75, 3.05) is 13.1 Å². The van der Waals surface area contributed by atoms with E-state index in [2.05, 4.69) is 59.2 Å². The summed E-state index contributed by atoms with van der Waals surface area (Å²) in [6.45, 7) is 7.23. The maximum Gasteiger partial charge on any atom is 0.238 e. The number of hydrogen-bond donors (Lipinski definition) is 3. The van der Waals surface area contributed by atoms with Gasteiger partial charge in [0, 0.05) is 31.7 Å². The lowest BCUT2D eigenvalue weighted by Crippen LogP contribution is -2.49. The van der Waals surface area contributed by atoms with Crippen molar-refractivity contribution in [3.63, 3.8) is 0 Å². The molecule has 0 radical (unpaired) electrons. The molecule has 2 aliphatic rings. The Bertz CT molecular complexity index is 562. The van der Waals surface area contributed by atoms with Crippen molar-refractivity contribution in [3.05, 3.63) is 35.4 Å². The fraction of sp³-hybridized carbons (Fsp3) is 0.632. The van der Waals surface area contributed by atoms with E-state index >= 15 is 0 Å². The Balaban J connectivity index is 1.44. The molecule has 0 bridgehead atoms. The molecule has 5 heteroatoms. The lowest BCUT2D eigenvalue weighted by molar-refractivity contribution is -0.123. The van der Waals surface area contributed by atoms with Crippen LogP contribution in [0.25, 0.3) is 0 Å². The molecule has 132 valence electrons. The van der Waals surface area contributed by atoms with Crippen LogP contribution < -0.4 is 16.2 Å². The molecule has 1 fully saturated rings. The van der Waals surface area contributed by atoms with Gasteiger partial charge in [-0.2, -0.15) is 0 Å². The third kappa shape index (κ3) is 4.35. The smallest absolute Gasteiger partial charge is 0.238 e. The zero-order chi connectivity index (χ0) is 16.9. The summed E-state index contributed by atoms with van der Waals surface area (Å²) in [5.74, 6) is 0.117. The van der Waals surface area contributed by atoms with Gasteiger partial charge in [-0.15, -0.1) is 0 Å². The van der Waals surface area contributed by atoms with E-state index in [1.807, 2.05) is 0 Å². The van der Waals surface area contributed by atoms with Gasteiger partial charge >= 0.3 is 0 Å². The van der Waals surface area contributed by atoms with Gasteiger partial charge in [0.15, 0.2) is 0 Å². The van der Waals surface area contributed by atoms with E-state index in [1.165, 1.54) is 11.1 Å². The third-order valence-electron chi connectivity index (χ3n) is 5.07. The predicted octanol–water partition coefficient (Wildman–Crippen LogP) is 1.58. The van der Waals surface area contributed by atoms with Crippen LogP contribution in [0.15, 0.2) is 24.3 Å². The summed E-state index contributed by atoms with van der Waals surface area (Å²) in [6, 6.07) is 9.14. The molecule has 2 heterocycles. The number of hydrazine groups is 1. The van der Waals surface area contributed by atoms with E-state index in [4.69, 9.17) is 0 Å². The lowest BCUT2D eigenvalue weighted by atomic mass is 9.99. The Kier molecular flexibility index (Phi) is 5.87. The topological polar surface area (TPSA) is 56.4 Å². The molecule has 1 amide bonds. The van der Waals surface area contributed by atoms with Crippen molar-refractivity contribution >= 4 is 5.91 Å². The summed E-state index contributed by atoms with van der Waals surface area (Å²) < 4.78 is 0. The van der Waals surface area contributed by atoms with Gasteiger partial charge in [-0.3, -0.25) is 15.1 Å². The summed E-state index contributed by atoms with van der Waals surface area (Å²) in [6.07, 6.45) is 4.23. The minimum absolute atomic E-state index is 0.105. The van der Waals surface area contributed by atoms with Gasteiger partial charge in [0.1, 0.15) is 6.04 Å². The van der Waals surface area contributed by atoms with Crippen LogP contribution in [0.1, 0.15) is 44.2 Å². The second-order valence-electron chi connectivity index (χ2n) is 7.23. The highest BCUT2D eigenvalue weighted by Gasteiger charge is 2.29. The molecular weight excluding hydrogens is 300 g/mol. The van der Waals surface area contributed by atoms with Crippen LogP contribution in [0, 0.1) is 0 Å². The molecule has 2 aliphatic heterocycles. The van der Waals surface area contributed by atoms with Crippen molar-refractivity contribution in [2.24, 2.45) is 0 Å². The van der Waals surface area contributed by atoms with E-state index in [0.29, 0.717) is 6.04 Å². The maximum atomic E-state index is 12.4. The Hall–Kier alpha value is -1.43. The minimum atomic E-state index is -0.105. The number of carbonyl (C=O) groups excluding carboxylic acids is 1. The summed E-state index contributed by atoms with van der Waals surface area (Å²) in [4.78, 5) is 14.9. The fourth-order valence-electron chi connectivity index (χ4n) is 3.82. The normalized spacial score (nSPS) is 25.2. The highest BCUT2D eigenvalue weighted by molar-refractivity contribution is 5.82. The van der Waals surface area contributed by atoms with Crippen LogP contribution in [0.2, 0.25) is 0 Å². The molecule has 1 aromatic carbocycles. The monoisotopic (exact) mass is 330 g/mol. The lowest BCUT2D eigenvalue weighted by Gasteiger charge is -2.31. The van der Waals surface area contributed by atoms with Crippen LogP contribution in [-0.4, -0.2) is 42.0 Å². The third-order valence-corrected chi connectivity index (χ3v) is 5.07. The first kappa shape index (κ1) is 17.4. The van der Waals surface area contributed by atoms with Gasteiger partial charge in [0.05, 0.1) is 0 Å². The number of hydrogen-bond acceptors (Lipinski definition) is 4. The number of nitrogens with zero attached hydrogens (tertiary/aromatic N) is 1. The molecule has 0 aromatic heterocycles. The molecular formula is C19H30N4O. The second kappa shape index (κ2) is 8.10. The van der Waals surface area contributed by atoms with Gasteiger partial charge in [-0.05, 0) is 37.3 Å². The Morgan fingerprint density at radius 2 is 2.12 bits per heavy atom. The molecule has 3 atom stereocenters. The molecule has 0 spiro atoms. The van der Waals surface area contributed by atoms with Gasteiger partial charge in [-0.25, -0.2) is 5.43 Å². The van der Waals surface area contributed by atoms with E-state index < -0.39 is 0 Å². The Morgan fingerprint density at radius 3 is 2.92 bits per heavy atom. The van der Waals surface area contributed by atoms with Crippen molar-refractivity contribution in [3.8, 4) is 0 Å². The molecule has 1 saturated heterocycles. The highest BCUT2D eigenvalue weighted by atomic mass is 16.2. The largest absolute Gasteiger partial charge is 0.351 e. The maximum absolute atomic E-state index is 12.4. The van der Waals surface area contributed by atoms with Crippen molar-refractivity contribution in [2.45, 2.75) is 64.2 Å². The molecule has 0 aliphatic carbocycles. The van der Waals surface area contributed by atoms with Crippen LogP contribution in [-0.2, 0) is 17.8 Å². The van der Waals surface area contributed by atoms with Gasteiger partial charge in [0.2, 0.25) is 5.91 Å². The van der Waals surface area contributed by atoms with Crippen molar-refractivity contribution in [1.29, 1.82) is 0 Å². The number of amides is 1. The summed E-state index contributed by atoms with van der Waals surface area (Å²) in [5.41, 5.74) is 9.26. The Morgan fingerprint density at radius 1 is 1.33 bits per heavy atom. The average molecular weight is 330 g/mol. The number of rotatable bonds is 6. The van der Waals surface area contributed by atoms with Gasteiger partial charge < -0.3 is 5.32 Å². The van der Waals surface area contributed by atoms with Gasteiger partial charge in [0.25, 0.3) is 0 Å². The van der Waals surface area contributed by atoms with Crippen LogP contribution in [0.3, 0.4) is 0 Å². The van der Waals surface area contributed by atoms with Crippen LogP contribution >= 0.6 is 0 Å². The number of fused-ring (bicyclic) bond motifs is 1. The molecule has 1 aromatic rings. The summed E-state index contributed by atoms with van der Waals surface area (Å²) in [5, 5.41) is 3.17. The number of benzene rings is 1. The number of carbonyl (C=O) groups is 1. The second-order valence-corrected chi connectivity index (χ2v) is 7.23. The van der Waals surface area contributed by atoms with E-state index in [-0.39, 0.29) is 18.0 Å². The average Bonchev–Trinajstić information content (AvgIpc) is 3.04. The number of nitrogens with one attached hydrogen (secondary N) is 3. The summed E-state index contributed by atoms with van der Waals surface area (Å²) >= 11 is 0. The quantitative estimate of drug-likeness (QED) is 0.741. The van der Waals surface area contributed by atoms with Crippen LogP contribution in [0.4, 0.5) is 0 Å². The predicted molar refractivity (Wildman–Crippen MR) is 96.4 cm³/mol. The minimum Gasteiger partial charge on any atom is -0.351 e. The zero-order valence-electron chi connectivity index (χ0n) is 14.8. The molecule has 3 unspecified atom stereocenters. The molecule has 24 heavy (non-hydrogen) atoms. The molecule has 3 N–H and O–H groups in total. The molecule has 5 nitrogen and oxygen atoms in total. The first-order valence-electron chi connectivity index (χ1n) is 9.26. The van der Waals surface area contributed by atoms with E-state index in [1.54, 1.807) is 0 Å². The zero-order valence-corrected chi connectivity index (χ0v) is 14.8. The Labute approximate surface area is 145 Å². The van der Waals surface area contributed by atoms with Gasteiger partial charge in [-0.1, -0.05) is 37.6 Å². The van der Waals surface area contributed by atoms with E-state index in [0.717, 1.165) is 45.3 Å².